The summed E-state index contributed by atoms with van der Waals surface area (Å²) in [6.45, 7) is 6.85. The third kappa shape index (κ3) is 4.10. The molecule has 0 aliphatic heterocycles. The molecule has 3 heterocycles. The Kier molecular flexibility index (Phi) is 5.28. The summed E-state index contributed by atoms with van der Waals surface area (Å²) in [5.74, 6) is 0.194. The molecular formula is C26H25N5O3. The molecule has 5 aromatic rings. The van der Waals surface area contributed by atoms with Crippen LogP contribution < -0.4 is 10.9 Å². The van der Waals surface area contributed by atoms with Gasteiger partial charge in [0.1, 0.15) is 23.5 Å². The number of nitrogens with one attached hydrogen (secondary N) is 1. The summed E-state index contributed by atoms with van der Waals surface area (Å²) in [6, 6.07) is 17.4. The van der Waals surface area contributed by atoms with Gasteiger partial charge in [0.25, 0.3) is 5.56 Å². The van der Waals surface area contributed by atoms with E-state index in [9.17, 15) is 9.59 Å². The summed E-state index contributed by atoms with van der Waals surface area (Å²) in [4.78, 5) is 30.0. The molecule has 0 atom stereocenters. The monoisotopic (exact) mass is 455 g/mol. The molecule has 1 amide bonds. The van der Waals surface area contributed by atoms with Crippen LogP contribution in [0.2, 0.25) is 0 Å². The minimum absolute atomic E-state index is 0.0850. The smallest absolute Gasteiger partial charge is 0.297 e. The number of hydrogen-bond acceptors (Lipinski definition) is 5. The average molecular weight is 456 g/mol. The predicted octanol–water partition coefficient (Wildman–Crippen LogP) is 4.32. The molecule has 0 fully saturated rings. The Morgan fingerprint density at radius 2 is 1.82 bits per heavy atom. The molecule has 0 radical (unpaired) electrons. The molecule has 0 unspecified atom stereocenters. The highest BCUT2D eigenvalue weighted by atomic mass is 16.3. The molecule has 0 aliphatic rings. The van der Waals surface area contributed by atoms with E-state index >= 15 is 0 Å². The zero-order valence-electron chi connectivity index (χ0n) is 19.3. The number of nitrogens with zero attached hydrogens (tertiary/aromatic N) is 4. The van der Waals surface area contributed by atoms with E-state index in [0.29, 0.717) is 23.5 Å². The number of carbonyl (C=O) groups is 1. The van der Waals surface area contributed by atoms with Crippen molar-refractivity contribution < 1.29 is 9.21 Å². The van der Waals surface area contributed by atoms with Crippen LogP contribution in [-0.2, 0) is 23.3 Å². The molecule has 5 rings (SSSR count). The number of aromatic nitrogens is 4. The minimum atomic E-state index is -0.399. The number of amides is 1. The van der Waals surface area contributed by atoms with Gasteiger partial charge in [-0.25, -0.2) is 9.67 Å². The van der Waals surface area contributed by atoms with Crippen LogP contribution in [0.1, 0.15) is 31.9 Å². The van der Waals surface area contributed by atoms with Crippen molar-refractivity contribution in [1.29, 1.82) is 0 Å². The van der Waals surface area contributed by atoms with Crippen molar-refractivity contribution in [1.82, 2.24) is 19.3 Å². The number of anilines is 1. The molecule has 0 saturated heterocycles. The fourth-order valence-corrected chi connectivity index (χ4v) is 3.91. The number of rotatable bonds is 5. The zero-order chi connectivity index (χ0) is 23.9. The van der Waals surface area contributed by atoms with Crippen molar-refractivity contribution in [3.63, 3.8) is 0 Å². The summed E-state index contributed by atoms with van der Waals surface area (Å²) in [6.07, 6.45) is 3.01. The van der Waals surface area contributed by atoms with Crippen LogP contribution >= 0.6 is 0 Å². The van der Waals surface area contributed by atoms with Crippen molar-refractivity contribution in [3.8, 4) is 0 Å². The molecule has 2 aromatic carbocycles. The second kappa shape index (κ2) is 8.30. The summed E-state index contributed by atoms with van der Waals surface area (Å²) < 4.78 is 8.64. The van der Waals surface area contributed by atoms with E-state index in [0.717, 1.165) is 10.9 Å². The second-order valence-electron chi connectivity index (χ2n) is 9.32. The van der Waals surface area contributed by atoms with Gasteiger partial charge in [0, 0.05) is 11.5 Å². The average Bonchev–Trinajstić information content (AvgIpc) is 3.40. The van der Waals surface area contributed by atoms with Gasteiger partial charge in [-0.3, -0.25) is 14.2 Å². The standard InChI is InChI=1S/C26H25N5O3/c1-26(2,3)18-10-8-17(9-11-18)14-31-21(12-13-28-31)29-22(32)15-30-16-27-23-19-6-4-5-7-20(19)34-24(23)25(30)33/h4-13,16H,14-15H2,1-3H3,(H,29,32). The Morgan fingerprint density at radius 1 is 1.06 bits per heavy atom. The van der Waals surface area contributed by atoms with Gasteiger partial charge in [-0.2, -0.15) is 5.10 Å². The Bertz CT molecular complexity index is 1550. The number of carbonyl (C=O) groups excluding carboxylic acids is 1. The first kappa shape index (κ1) is 21.6. The van der Waals surface area contributed by atoms with E-state index < -0.39 is 5.56 Å². The fourth-order valence-electron chi connectivity index (χ4n) is 3.91. The molecular weight excluding hydrogens is 430 g/mol. The van der Waals surface area contributed by atoms with Crippen LogP contribution in [0.25, 0.3) is 22.1 Å². The van der Waals surface area contributed by atoms with Gasteiger partial charge in [-0.1, -0.05) is 57.2 Å². The number of furan rings is 1. The van der Waals surface area contributed by atoms with Crippen LogP contribution in [0.5, 0.6) is 0 Å². The summed E-state index contributed by atoms with van der Waals surface area (Å²) in [5.41, 5.74) is 3.23. The molecule has 8 heteroatoms. The maximum atomic E-state index is 12.9. The summed E-state index contributed by atoms with van der Waals surface area (Å²) in [5, 5.41) is 7.94. The van der Waals surface area contributed by atoms with Gasteiger partial charge < -0.3 is 9.73 Å². The Morgan fingerprint density at radius 3 is 2.59 bits per heavy atom. The fraction of sp³-hybridized carbons (Fsp3) is 0.231. The zero-order valence-corrected chi connectivity index (χ0v) is 19.3. The lowest BCUT2D eigenvalue weighted by molar-refractivity contribution is -0.116. The van der Waals surface area contributed by atoms with E-state index in [4.69, 9.17) is 4.42 Å². The lowest BCUT2D eigenvalue weighted by Crippen LogP contribution is -2.28. The van der Waals surface area contributed by atoms with E-state index in [1.807, 2.05) is 18.2 Å². The van der Waals surface area contributed by atoms with E-state index in [2.05, 4.69) is 60.4 Å². The first-order valence-corrected chi connectivity index (χ1v) is 11.1. The minimum Gasteiger partial charge on any atom is -0.448 e. The quantitative estimate of drug-likeness (QED) is 0.426. The maximum Gasteiger partial charge on any atom is 0.297 e. The molecule has 3 aromatic heterocycles. The van der Waals surface area contributed by atoms with Gasteiger partial charge >= 0.3 is 0 Å². The first-order valence-electron chi connectivity index (χ1n) is 11.1. The predicted molar refractivity (Wildman–Crippen MR) is 131 cm³/mol. The molecule has 0 saturated carbocycles. The van der Waals surface area contributed by atoms with Gasteiger partial charge in [-0.15, -0.1) is 0 Å². The molecule has 1 N–H and O–H groups in total. The Labute approximate surface area is 195 Å². The number of hydrogen-bond donors (Lipinski definition) is 1. The maximum absolute atomic E-state index is 12.9. The summed E-state index contributed by atoms with van der Waals surface area (Å²) in [7, 11) is 0. The normalized spacial score (nSPS) is 11.9. The van der Waals surface area contributed by atoms with Crippen molar-refractivity contribution in [2.24, 2.45) is 0 Å². The molecule has 0 spiro atoms. The Balaban J connectivity index is 1.32. The second-order valence-corrected chi connectivity index (χ2v) is 9.32. The number of fused-ring (bicyclic) bond motifs is 3. The Hall–Kier alpha value is -4.20. The molecule has 34 heavy (non-hydrogen) atoms. The SMILES string of the molecule is CC(C)(C)c1ccc(Cn2nccc2NC(=O)Cn2cnc3c(oc4ccccc43)c2=O)cc1. The number of para-hydroxylation sites is 1. The van der Waals surface area contributed by atoms with Gasteiger partial charge in [-0.05, 0) is 28.7 Å². The topological polar surface area (TPSA) is 95.0 Å². The molecule has 8 nitrogen and oxygen atoms in total. The lowest BCUT2D eigenvalue weighted by Gasteiger charge is -2.19. The molecule has 172 valence electrons. The van der Waals surface area contributed by atoms with Crippen molar-refractivity contribution in [3.05, 3.63) is 88.6 Å². The van der Waals surface area contributed by atoms with Crippen molar-refractivity contribution >= 4 is 33.8 Å². The van der Waals surface area contributed by atoms with E-state index in [-0.39, 0.29) is 23.4 Å². The van der Waals surface area contributed by atoms with Gasteiger partial charge in [0.15, 0.2) is 0 Å². The molecule has 0 aliphatic carbocycles. The van der Waals surface area contributed by atoms with Crippen molar-refractivity contribution in [2.75, 3.05) is 5.32 Å². The van der Waals surface area contributed by atoms with Crippen LogP contribution in [0.4, 0.5) is 5.82 Å². The van der Waals surface area contributed by atoms with Gasteiger partial charge in [0.2, 0.25) is 11.5 Å². The number of benzene rings is 2. The van der Waals surface area contributed by atoms with E-state index in [1.54, 1.807) is 23.0 Å². The highest BCUT2D eigenvalue weighted by Crippen LogP contribution is 2.24. The highest BCUT2D eigenvalue weighted by Gasteiger charge is 2.16. The highest BCUT2D eigenvalue weighted by molar-refractivity contribution is 6.01. The van der Waals surface area contributed by atoms with E-state index in [1.165, 1.54) is 16.5 Å². The van der Waals surface area contributed by atoms with Crippen LogP contribution in [0.3, 0.4) is 0 Å². The third-order valence-electron chi connectivity index (χ3n) is 5.80. The molecule has 0 bridgehead atoms. The van der Waals surface area contributed by atoms with Crippen LogP contribution in [-0.4, -0.2) is 25.2 Å². The third-order valence-corrected chi connectivity index (χ3v) is 5.80. The van der Waals surface area contributed by atoms with Crippen LogP contribution in [0, 0.1) is 0 Å². The first-order chi connectivity index (χ1) is 16.3. The largest absolute Gasteiger partial charge is 0.448 e. The van der Waals surface area contributed by atoms with Crippen molar-refractivity contribution in [2.45, 2.75) is 39.3 Å². The van der Waals surface area contributed by atoms with Crippen LogP contribution in [0.15, 0.2) is 76.3 Å². The summed E-state index contributed by atoms with van der Waals surface area (Å²) >= 11 is 0. The van der Waals surface area contributed by atoms with Gasteiger partial charge in [0.05, 0.1) is 19.1 Å². The lowest BCUT2D eigenvalue weighted by atomic mass is 9.87.